The van der Waals surface area contributed by atoms with Crippen LogP contribution in [0.3, 0.4) is 0 Å². The molecule has 1 fully saturated rings. The molecule has 1 aliphatic carbocycles. The van der Waals surface area contributed by atoms with Gasteiger partial charge in [0.2, 0.25) is 11.7 Å². The molecule has 0 bridgehead atoms. The van der Waals surface area contributed by atoms with Gasteiger partial charge in [0.05, 0.1) is 17.5 Å². The van der Waals surface area contributed by atoms with Gasteiger partial charge in [0.15, 0.2) is 0 Å². The quantitative estimate of drug-likeness (QED) is 0.504. The van der Waals surface area contributed by atoms with Crippen LogP contribution in [0.2, 0.25) is 0 Å². The highest BCUT2D eigenvalue weighted by atomic mass is 32.2. The standard InChI is InChI=1S/C17H23F3N4O3S/c18-17(19,20)14(25)10-28-7-3-6-13(16(27)23-12-4-1-2-5-12)24-15(26)11-8-21-22-9-11/h8-9,12-13H,1-7,10H2,(H,21,22)(H,23,27)(H,24,26)/t13-/m0/s1. The smallest absolute Gasteiger partial charge is 0.352 e. The third-order valence-corrected chi connectivity index (χ3v) is 5.46. The van der Waals surface area contributed by atoms with Gasteiger partial charge in [0.1, 0.15) is 6.04 Å². The number of carbonyl (C=O) groups is 3. The zero-order chi connectivity index (χ0) is 20.6. The fraction of sp³-hybridized carbons (Fsp3) is 0.647. The van der Waals surface area contributed by atoms with Gasteiger partial charge in [-0.15, -0.1) is 0 Å². The highest BCUT2D eigenvalue weighted by Crippen LogP contribution is 2.20. The molecule has 0 radical (unpaired) electrons. The molecule has 156 valence electrons. The van der Waals surface area contributed by atoms with Gasteiger partial charge < -0.3 is 10.6 Å². The molecule has 1 atom stereocenters. The number of rotatable bonds is 10. The third-order valence-electron chi connectivity index (χ3n) is 4.41. The van der Waals surface area contributed by atoms with E-state index in [1.54, 1.807) is 0 Å². The van der Waals surface area contributed by atoms with Crippen LogP contribution in [0.4, 0.5) is 13.2 Å². The Hall–Kier alpha value is -2.04. The molecule has 0 aromatic carbocycles. The fourth-order valence-corrected chi connectivity index (χ4v) is 3.76. The average Bonchev–Trinajstić information content (AvgIpc) is 3.32. The van der Waals surface area contributed by atoms with E-state index in [0.29, 0.717) is 6.42 Å². The van der Waals surface area contributed by atoms with E-state index in [2.05, 4.69) is 20.8 Å². The predicted molar refractivity (Wildman–Crippen MR) is 97.9 cm³/mol. The van der Waals surface area contributed by atoms with E-state index >= 15 is 0 Å². The molecule has 3 N–H and O–H groups in total. The van der Waals surface area contributed by atoms with Gasteiger partial charge in [-0.25, -0.2) is 0 Å². The van der Waals surface area contributed by atoms with E-state index in [-0.39, 0.29) is 29.7 Å². The first-order chi connectivity index (χ1) is 13.3. The largest absolute Gasteiger partial charge is 0.450 e. The Morgan fingerprint density at radius 1 is 1.29 bits per heavy atom. The summed E-state index contributed by atoms with van der Waals surface area (Å²) in [6, 6.07) is -0.721. The van der Waals surface area contributed by atoms with Crippen LogP contribution in [0, 0.1) is 0 Å². The summed E-state index contributed by atoms with van der Waals surface area (Å²) in [6.07, 6.45) is 2.42. The minimum absolute atomic E-state index is 0.0830. The number of halogens is 3. The molecular weight excluding hydrogens is 397 g/mol. The Morgan fingerprint density at radius 2 is 2.00 bits per heavy atom. The first-order valence-corrected chi connectivity index (χ1v) is 10.2. The molecule has 1 aromatic rings. The van der Waals surface area contributed by atoms with Crippen LogP contribution >= 0.6 is 11.8 Å². The molecule has 2 rings (SSSR count). The number of hydrogen-bond acceptors (Lipinski definition) is 5. The van der Waals surface area contributed by atoms with Gasteiger partial charge >= 0.3 is 6.18 Å². The lowest BCUT2D eigenvalue weighted by atomic mass is 10.1. The van der Waals surface area contributed by atoms with Crippen molar-refractivity contribution in [3.63, 3.8) is 0 Å². The number of hydrogen-bond donors (Lipinski definition) is 3. The highest BCUT2D eigenvalue weighted by molar-refractivity contribution is 7.99. The Morgan fingerprint density at radius 3 is 2.61 bits per heavy atom. The zero-order valence-corrected chi connectivity index (χ0v) is 16.0. The first kappa shape index (κ1) is 22.3. The molecule has 28 heavy (non-hydrogen) atoms. The molecule has 1 saturated carbocycles. The minimum Gasteiger partial charge on any atom is -0.352 e. The lowest BCUT2D eigenvalue weighted by Gasteiger charge is -2.21. The molecule has 0 saturated heterocycles. The number of nitrogens with one attached hydrogen (secondary N) is 3. The lowest BCUT2D eigenvalue weighted by Crippen LogP contribution is -2.49. The van der Waals surface area contributed by atoms with Gasteiger partial charge in [0, 0.05) is 12.2 Å². The summed E-state index contributed by atoms with van der Waals surface area (Å²) in [7, 11) is 0. The molecule has 0 unspecified atom stereocenters. The van der Waals surface area contributed by atoms with Crippen molar-refractivity contribution in [3.05, 3.63) is 18.0 Å². The number of aromatic amines is 1. The van der Waals surface area contributed by atoms with Gasteiger partial charge in [-0.2, -0.15) is 30.0 Å². The summed E-state index contributed by atoms with van der Waals surface area (Å²) in [5, 5.41) is 11.8. The topological polar surface area (TPSA) is 104 Å². The minimum atomic E-state index is -4.82. The van der Waals surface area contributed by atoms with E-state index in [4.69, 9.17) is 0 Å². The second-order valence-corrected chi connectivity index (χ2v) is 7.72. The number of carbonyl (C=O) groups excluding carboxylic acids is 3. The highest BCUT2D eigenvalue weighted by Gasteiger charge is 2.37. The number of ketones is 1. The molecule has 1 heterocycles. The molecule has 1 aliphatic rings. The SMILES string of the molecule is O=C(N[C@@H](CCCSCC(=O)C(F)(F)F)C(=O)NC1CCCC1)c1cn[nH]c1. The number of nitrogens with zero attached hydrogens (tertiary/aromatic N) is 1. The second-order valence-electron chi connectivity index (χ2n) is 6.62. The van der Waals surface area contributed by atoms with Gasteiger partial charge in [0.25, 0.3) is 5.91 Å². The normalized spacial score (nSPS) is 16.0. The average molecular weight is 420 g/mol. The predicted octanol–water partition coefficient (Wildman–Crippen LogP) is 2.21. The summed E-state index contributed by atoms with van der Waals surface area (Å²) < 4.78 is 36.6. The van der Waals surface area contributed by atoms with Crippen molar-refractivity contribution in [3.8, 4) is 0 Å². The monoisotopic (exact) mass is 420 g/mol. The summed E-state index contributed by atoms with van der Waals surface area (Å²) in [5.74, 6) is -2.91. The van der Waals surface area contributed by atoms with Crippen molar-refractivity contribution >= 4 is 29.4 Å². The lowest BCUT2D eigenvalue weighted by molar-refractivity contribution is -0.167. The van der Waals surface area contributed by atoms with Crippen molar-refractivity contribution < 1.29 is 27.6 Å². The van der Waals surface area contributed by atoms with E-state index < -0.39 is 29.7 Å². The number of thioether (sulfide) groups is 1. The number of alkyl halides is 3. The van der Waals surface area contributed by atoms with Gasteiger partial charge in [-0.1, -0.05) is 12.8 Å². The van der Waals surface area contributed by atoms with Crippen molar-refractivity contribution in [2.24, 2.45) is 0 Å². The number of Topliss-reactive ketones (excluding diaryl/α,β-unsaturated/α-hetero) is 1. The van der Waals surface area contributed by atoms with Crippen molar-refractivity contribution in [2.75, 3.05) is 11.5 Å². The molecule has 1 aromatic heterocycles. The van der Waals surface area contributed by atoms with E-state index in [9.17, 15) is 27.6 Å². The summed E-state index contributed by atoms with van der Waals surface area (Å²) in [4.78, 5) is 35.6. The summed E-state index contributed by atoms with van der Waals surface area (Å²) in [5.41, 5.74) is 0.281. The van der Waals surface area contributed by atoms with Crippen molar-refractivity contribution in [2.45, 2.75) is 56.8 Å². The van der Waals surface area contributed by atoms with Gasteiger partial charge in [-0.05, 0) is 31.4 Å². The third kappa shape index (κ3) is 7.17. The van der Waals surface area contributed by atoms with Crippen LogP contribution in [0.25, 0.3) is 0 Å². The van der Waals surface area contributed by atoms with Crippen LogP contribution < -0.4 is 10.6 Å². The van der Waals surface area contributed by atoms with Gasteiger partial charge in [-0.3, -0.25) is 19.5 Å². The molecule has 0 spiro atoms. The zero-order valence-electron chi connectivity index (χ0n) is 15.2. The maximum absolute atomic E-state index is 12.5. The fourth-order valence-electron chi connectivity index (χ4n) is 2.89. The number of amides is 2. The number of aromatic nitrogens is 2. The van der Waals surface area contributed by atoms with Crippen LogP contribution in [-0.4, -0.2) is 57.6 Å². The molecule has 2 amide bonds. The Balaban J connectivity index is 1.83. The number of H-pyrrole nitrogens is 1. The Labute approximate surface area is 164 Å². The van der Waals surface area contributed by atoms with Crippen LogP contribution in [0.15, 0.2) is 12.4 Å². The van der Waals surface area contributed by atoms with E-state index in [0.717, 1.165) is 37.4 Å². The Kier molecular flexibility index (Phi) is 8.34. The Bertz CT molecular complexity index is 661. The van der Waals surface area contributed by atoms with Crippen LogP contribution in [0.1, 0.15) is 48.9 Å². The molecule has 0 aliphatic heterocycles. The van der Waals surface area contributed by atoms with E-state index in [1.807, 2.05) is 0 Å². The van der Waals surface area contributed by atoms with Crippen molar-refractivity contribution in [1.29, 1.82) is 0 Å². The van der Waals surface area contributed by atoms with Crippen LogP contribution in [-0.2, 0) is 9.59 Å². The maximum atomic E-state index is 12.5. The molecular formula is C17H23F3N4O3S. The summed E-state index contributed by atoms with van der Waals surface area (Å²) >= 11 is 0.863. The molecule has 11 heteroatoms. The maximum Gasteiger partial charge on any atom is 0.450 e. The second kappa shape index (κ2) is 10.5. The van der Waals surface area contributed by atoms with Crippen molar-refractivity contribution in [1.82, 2.24) is 20.8 Å². The van der Waals surface area contributed by atoms with Crippen LogP contribution in [0.5, 0.6) is 0 Å². The summed E-state index contributed by atoms with van der Waals surface area (Å²) in [6.45, 7) is 0. The van der Waals surface area contributed by atoms with E-state index in [1.165, 1.54) is 12.4 Å². The molecule has 7 nitrogen and oxygen atoms in total. The first-order valence-electron chi connectivity index (χ1n) is 9.05.